The third kappa shape index (κ3) is 5.71. The van der Waals surface area contributed by atoms with Crippen LogP contribution in [0.4, 0.5) is 5.69 Å². The number of anilines is 1. The van der Waals surface area contributed by atoms with Gasteiger partial charge in [-0.3, -0.25) is 9.59 Å². The Balaban J connectivity index is 1.46. The Morgan fingerprint density at radius 3 is 2.50 bits per heavy atom. The van der Waals surface area contributed by atoms with Crippen LogP contribution in [0.1, 0.15) is 31.7 Å². The first-order chi connectivity index (χ1) is 13.6. The lowest BCUT2D eigenvalue weighted by atomic mass is 9.95. The number of amides is 1. The molecular weight excluding hydrogens is 354 g/mol. The topological polar surface area (TPSA) is 64.6 Å². The van der Waals surface area contributed by atoms with Crippen molar-refractivity contribution in [3.63, 3.8) is 0 Å². The second-order valence-corrected chi connectivity index (χ2v) is 6.85. The van der Waals surface area contributed by atoms with Gasteiger partial charge in [0.05, 0.1) is 5.92 Å². The normalized spacial score (nSPS) is 16.8. The summed E-state index contributed by atoms with van der Waals surface area (Å²) in [6, 6.07) is 17.0. The lowest BCUT2D eigenvalue weighted by Crippen LogP contribution is -2.32. The van der Waals surface area contributed by atoms with Gasteiger partial charge in [0.1, 0.15) is 12.4 Å². The average molecular weight is 379 g/mol. The molecule has 1 aliphatic carbocycles. The van der Waals surface area contributed by atoms with Crippen LogP contribution in [-0.4, -0.2) is 18.0 Å². The molecule has 5 nitrogen and oxygen atoms in total. The molecule has 0 bridgehead atoms. The van der Waals surface area contributed by atoms with Crippen molar-refractivity contribution in [3.05, 3.63) is 72.3 Å². The summed E-state index contributed by atoms with van der Waals surface area (Å²) in [7, 11) is 0. The zero-order valence-electron chi connectivity index (χ0n) is 16.0. The van der Waals surface area contributed by atoms with E-state index in [0.717, 1.165) is 18.4 Å². The maximum absolute atomic E-state index is 12.3. The number of rotatable bonds is 7. The molecule has 2 atom stereocenters. The van der Waals surface area contributed by atoms with Crippen LogP contribution in [0.2, 0.25) is 0 Å². The molecule has 3 rings (SSSR count). The maximum atomic E-state index is 12.3. The SMILES string of the molecule is CC(OC(=O)C1CC=CCC1)C(=O)Nc1ccc(OCc2ccccc2)cc1. The monoisotopic (exact) mass is 379 g/mol. The Morgan fingerprint density at radius 1 is 1.07 bits per heavy atom. The predicted octanol–water partition coefficient (Wildman–Crippen LogP) is 4.49. The van der Waals surface area contributed by atoms with E-state index < -0.39 is 6.10 Å². The number of carbonyl (C=O) groups is 2. The molecule has 0 saturated carbocycles. The molecule has 0 aliphatic heterocycles. The van der Waals surface area contributed by atoms with Gasteiger partial charge in [0, 0.05) is 5.69 Å². The fourth-order valence-electron chi connectivity index (χ4n) is 2.95. The molecule has 0 radical (unpaired) electrons. The molecule has 2 unspecified atom stereocenters. The number of esters is 1. The second kappa shape index (κ2) is 9.74. The molecule has 0 aromatic heterocycles. The zero-order chi connectivity index (χ0) is 19.8. The quantitative estimate of drug-likeness (QED) is 0.569. The maximum Gasteiger partial charge on any atom is 0.310 e. The molecule has 0 spiro atoms. The van der Waals surface area contributed by atoms with Crippen LogP contribution in [0.3, 0.4) is 0 Å². The van der Waals surface area contributed by atoms with Crippen LogP contribution in [-0.2, 0) is 20.9 Å². The summed E-state index contributed by atoms with van der Waals surface area (Å²) in [5, 5.41) is 2.77. The summed E-state index contributed by atoms with van der Waals surface area (Å²) in [5.74, 6) is -0.0951. The van der Waals surface area contributed by atoms with Crippen LogP contribution in [0.25, 0.3) is 0 Å². The molecule has 1 N–H and O–H groups in total. The van der Waals surface area contributed by atoms with Gasteiger partial charge in [-0.2, -0.15) is 0 Å². The highest BCUT2D eigenvalue weighted by atomic mass is 16.5. The van der Waals surface area contributed by atoms with E-state index in [2.05, 4.69) is 11.4 Å². The van der Waals surface area contributed by atoms with E-state index in [1.165, 1.54) is 0 Å². The Kier molecular flexibility index (Phi) is 6.84. The number of hydrogen-bond donors (Lipinski definition) is 1. The minimum absolute atomic E-state index is 0.152. The molecule has 0 fully saturated rings. The molecule has 5 heteroatoms. The van der Waals surface area contributed by atoms with Gasteiger partial charge in [0.2, 0.25) is 0 Å². The Hall–Kier alpha value is -3.08. The lowest BCUT2D eigenvalue weighted by Gasteiger charge is -2.19. The highest BCUT2D eigenvalue weighted by molar-refractivity contribution is 5.95. The number of benzene rings is 2. The third-order valence-electron chi connectivity index (χ3n) is 4.63. The average Bonchev–Trinajstić information content (AvgIpc) is 2.74. The van der Waals surface area contributed by atoms with Crippen molar-refractivity contribution in [2.45, 2.75) is 38.9 Å². The molecule has 0 saturated heterocycles. The molecule has 1 amide bonds. The van der Waals surface area contributed by atoms with Gasteiger partial charge in [0.15, 0.2) is 6.10 Å². The van der Waals surface area contributed by atoms with Gasteiger partial charge >= 0.3 is 5.97 Å². The number of nitrogens with one attached hydrogen (secondary N) is 1. The summed E-state index contributed by atoms with van der Waals surface area (Å²) >= 11 is 0. The minimum Gasteiger partial charge on any atom is -0.489 e. The first-order valence-corrected chi connectivity index (χ1v) is 9.55. The molecule has 2 aromatic carbocycles. The number of hydrogen-bond acceptors (Lipinski definition) is 4. The molecular formula is C23H25NO4. The first kappa shape index (κ1) is 19.7. The third-order valence-corrected chi connectivity index (χ3v) is 4.63. The van der Waals surface area contributed by atoms with Gasteiger partial charge < -0.3 is 14.8 Å². The standard InChI is InChI=1S/C23H25NO4/c1-17(28-23(26)19-10-6-3-7-11-19)22(25)24-20-12-14-21(15-13-20)27-16-18-8-4-2-5-9-18/h2-6,8-9,12-15,17,19H,7,10-11,16H2,1H3,(H,24,25). The number of ether oxygens (including phenoxy) is 2. The molecule has 1 aliphatic rings. The first-order valence-electron chi connectivity index (χ1n) is 9.55. The van der Waals surface area contributed by atoms with Gasteiger partial charge in [-0.25, -0.2) is 0 Å². The van der Waals surface area contributed by atoms with Gasteiger partial charge in [-0.15, -0.1) is 0 Å². The summed E-state index contributed by atoms with van der Waals surface area (Å²) in [6.07, 6.45) is 5.53. The fraction of sp³-hybridized carbons (Fsp3) is 0.304. The Morgan fingerprint density at radius 2 is 1.82 bits per heavy atom. The van der Waals surface area contributed by atoms with Crippen LogP contribution in [0.5, 0.6) is 5.75 Å². The van der Waals surface area contributed by atoms with E-state index in [-0.39, 0.29) is 17.8 Å². The smallest absolute Gasteiger partial charge is 0.310 e. The Labute approximate surface area is 165 Å². The molecule has 28 heavy (non-hydrogen) atoms. The largest absolute Gasteiger partial charge is 0.489 e. The van der Waals surface area contributed by atoms with Crippen molar-refractivity contribution in [2.75, 3.05) is 5.32 Å². The lowest BCUT2D eigenvalue weighted by molar-refractivity contribution is -0.157. The van der Waals surface area contributed by atoms with E-state index in [1.54, 1.807) is 31.2 Å². The minimum atomic E-state index is -0.840. The van der Waals surface area contributed by atoms with Crippen molar-refractivity contribution in [3.8, 4) is 5.75 Å². The summed E-state index contributed by atoms with van der Waals surface area (Å²) in [5.41, 5.74) is 1.71. The highest BCUT2D eigenvalue weighted by Gasteiger charge is 2.25. The highest BCUT2D eigenvalue weighted by Crippen LogP contribution is 2.21. The number of carbonyl (C=O) groups excluding carboxylic acids is 2. The molecule has 146 valence electrons. The van der Waals surface area contributed by atoms with E-state index in [1.807, 2.05) is 36.4 Å². The van der Waals surface area contributed by atoms with E-state index in [4.69, 9.17) is 9.47 Å². The van der Waals surface area contributed by atoms with Crippen LogP contribution >= 0.6 is 0 Å². The van der Waals surface area contributed by atoms with Gasteiger partial charge in [-0.1, -0.05) is 42.5 Å². The van der Waals surface area contributed by atoms with Crippen molar-refractivity contribution >= 4 is 17.6 Å². The van der Waals surface area contributed by atoms with Crippen molar-refractivity contribution < 1.29 is 19.1 Å². The van der Waals surface area contributed by atoms with Crippen LogP contribution < -0.4 is 10.1 Å². The van der Waals surface area contributed by atoms with Crippen LogP contribution in [0.15, 0.2) is 66.7 Å². The van der Waals surface area contributed by atoms with Crippen molar-refractivity contribution in [1.82, 2.24) is 0 Å². The van der Waals surface area contributed by atoms with E-state index in [9.17, 15) is 9.59 Å². The van der Waals surface area contributed by atoms with E-state index in [0.29, 0.717) is 24.5 Å². The summed E-state index contributed by atoms with van der Waals surface area (Å²) in [6.45, 7) is 2.07. The summed E-state index contributed by atoms with van der Waals surface area (Å²) in [4.78, 5) is 24.4. The summed E-state index contributed by atoms with van der Waals surface area (Å²) < 4.78 is 11.1. The second-order valence-electron chi connectivity index (χ2n) is 6.85. The van der Waals surface area contributed by atoms with Crippen molar-refractivity contribution in [1.29, 1.82) is 0 Å². The fourth-order valence-corrected chi connectivity index (χ4v) is 2.95. The van der Waals surface area contributed by atoms with Gasteiger partial charge in [-0.05, 0) is 56.0 Å². The Bertz CT molecular complexity index is 814. The van der Waals surface area contributed by atoms with Crippen molar-refractivity contribution in [2.24, 2.45) is 5.92 Å². The van der Waals surface area contributed by atoms with E-state index >= 15 is 0 Å². The van der Waals surface area contributed by atoms with Crippen LogP contribution in [0, 0.1) is 5.92 Å². The predicted molar refractivity (Wildman–Crippen MR) is 108 cm³/mol. The van der Waals surface area contributed by atoms with Gasteiger partial charge in [0.25, 0.3) is 5.91 Å². The zero-order valence-corrected chi connectivity index (χ0v) is 16.0. The molecule has 2 aromatic rings. The number of allylic oxidation sites excluding steroid dienone is 2. The molecule has 0 heterocycles.